The van der Waals surface area contributed by atoms with Crippen molar-refractivity contribution in [1.82, 2.24) is 5.32 Å². The molecule has 0 aliphatic carbocycles. The van der Waals surface area contributed by atoms with E-state index in [2.05, 4.69) is 19.2 Å². The number of hydrogen-bond acceptors (Lipinski definition) is 1. The van der Waals surface area contributed by atoms with Crippen molar-refractivity contribution >= 4 is 23.2 Å². The van der Waals surface area contributed by atoms with Gasteiger partial charge in [-0.25, -0.2) is 4.39 Å². The van der Waals surface area contributed by atoms with Crippen molar-refractivity contribution in [1.29, 1.82) is 0 Å². The molecule has 1 unspecified atom stereocenters. The lowest BCUT2D eigenvalue weighted by Gasteiger charge is -2.23. The predicted molar refractivity (Wildman–Crippen MR) is 72.3 cm³/mol. The van der Waals surface area contributed by atoms with E-state index in [0.717, 1.165) is 12.8 Å². The third-order valence-electron chi connectivity index (χ3n) is 2.98. The van der Waals surface area contributed by atoms with Crippen molar-refractivity contribution in [2.24, 2.45) is 0 Å². The Kier molecular flexibility index (Phi) is 5.71. The number of benzene rings is 1. The number of rotatable bonds is 5. The van der Waals surface area contributed by atoms with Gasteiger partial charge in [-0.15, -0.1) is 0 Å². The summed E-state index contributed by atoms with van der Waals surface area (Å²) in [4.78, 5) is 0. The van der Waals surface area contributed by atoms with Crippen molar-refractivity contribution in [3.8, 4) is 0 Å². The molecule has 1 atom stereocenters. The van der Waals surface area contributed by atoms with E-state index in [1.165, 1.54) is 6.07 Å². The van der Waals surface area contributed by atoms with Gasteiger partial charge in [-0.2, -0.15) is 0 Å². The zero-order valence-corrected chi connectivity index (χ0v) is 11.9. The zero-order valence-electron chi connectivity index (χ0n) is 10.4. The third kappa shape index (κ3) is 3.57. The Hall–Kier alpha value is -0.310. The van der Waals surface area contributed by atoms with Crippen LogP contribution in [0.4, 0.5) is 4.39 Å². The number of nitrogens with one attached hydrogen (secondary N) is 1. The molecule has 0 radical (unpaired) electrons. The first-order valence-corrected chi connectivity index (χ1v) is 6.66. The Morgan fingerprint density at radius 1 is 1.24 bits per heavy atom. The molecule has 1 rings (SSSR count). The van der Waals surface area contributed by atoms with Crippen molar-refractivity contribution in [3.05, 3.63) is 33.6 Å². The van der Waals surface area contributed by atoms with E-state index in [4.69, 9.17) is 23.2 Å². The van der Waals surface area contributed by atoms with Crippen LogP contribution in [0.2, 0.25) is 10.0 Å². The molecule has 0 fully saturated rings. The second kappa shape index (κ2) is 6.58. The van der Waals surface area contributed by atoms with E-state index in [1.807, 2.05) is 6.92 Å². The molecule has 0 amide bonds. The smallest absolute Gasteiger partial charge is 0.142 e. The molecule has 96 valence electrons. The number of halogens is 3. The molecule has 0 bridgehead atoms. The maximum atomic E-state index is 13.4. The average molecular weight is 278 g/mol. The minimum absolute atomic E-state index is 0.0596. The van der Waals surface area contributed by atoms with Gasteiger partial charge in [0, 0.05) is 22.7 Å². The van der Waals surface area contributed by atoms with E-state index in [-0.39, 0.29) is 11.1 Å². The van der Waals surface area contributed by atoms with E-state index in [1.54, 1.807) is 6.07 Å². The highest BCUT2D eigenvalue weighted by atomic mass is 35.5. The molecule has 0 saturated heterocycles. The summed E-state index contributed by atoms with van der Waals surface area (Å²) in [7, 11) is 0. The molecule has 1 N–H and O–H groups in total. The summed E-state index contributed by atoms with van der Waals surface area (Å²) in [5.41, 5.74) is 0.639. The molecular weight excluding hydrogens is 260 g/mol. The lowest BCUT2D eigenvalue weighted by Crippen LogP contribution is -2.30. The quantitative estimate of drug-likeness (QED) is 0.750. The van der Waals surface area contributed by atoms with Crippen LogP contribution in [0.3, 0.4) is 0 Å². The van der Waals surface area contributed by atoms with Gasteiger partial charge in [0.2, 0.25) is 0 Å². The Morgan fingerprint density at radius 2 is 1.82 bits per heavy atom. The minimum Gasteiger partial charge on any atom is -0.307 e. The largest absolute Gasteiger partial charge is 0.307 e. The summed E-state index contributed by atoms with van der Waals surface area (Å²) < 4.78 is 13.4. The summed E-state index contributed by atoms with van der Waals surface area (Å²) in [6.45, 7) is 6.18. The van der Waals surface area contributed by atoms with Crippen molar-refractivity contribution < 1.29 is 4.39 Å². The monoisotopic (exact) mass is 277 g/mol. The summed E-state index contributed by atoms with van der Waals surface area (Å²) in [5.74, 6) is -0.427. The summed E-state index contributed by atoms with van der Waals surface area (Å²) >= 11 is 12.0. The highest BCUT2D eigenvalue weighted by molar-refractivity contribution is 6.36. The van der Waals surface area contributed by atoms with Crippen LogP contribution in [0.5, 0.6) is 0 Å². The van der Waals surface area contributed by atoms with Gasteiger partial charge in [0.05, 0.1) is 5.02 Å². The molecule has 0 saturated carbocycles. The third-order valence-corrected chi connectivity index (χ3v) is 3.70. The van der Waals surface area contributed by atoms with Crippen LogP contribution in [-0.2, 0) is 0 Å². The second-order valence-corrected chi connectivity index (χ2v) is 4.94. The van der Waals surface area contributed by atoms with Crippen LogP contribution >= 0.6 is 23.2 Å². The van der Waals surface area contributed by atoms with Gasteiger partial charge in [-0.3, -0.25) is 0 Å². The second-order valence-electron chi connectivity index (χ2n) is 4.16. The van der Waals surface area contributed by atoms with E-state index < -0.39 is 5.82 Å². The Balaban J connectivity index is 2.95. The van der Waals surface area contributed by atoms with Crippen LogP contribution < -0.4 is 5.32 Å². The van der Waals surface area contributed by atoms with E-state index in [9.17, 15) is 4.39 Å². The first-order valence-electron chi connectivity index (χ1n) is 5.90. The SMILES string of the molecule is CCC(CC)NC(C)c1c(Cl)ccc(F)c1Cl. The molecule has 0 heterocycles. The van der Waals surface area contributed by atoms with Gasteiger partial charge < -0.3 is 5.32 Å². The van der Waals surface area contributed by atoms with Gasteiger partial charge in [-0.05, 0) is 31.9 Å². The van der Waals surface area contributed by atoms with Crippen LogP contribution in [0.25, 0.3) is 0 Å². The highest BCUT2D eigenvalue weighted by Crippen LogP contribution is 2.32. The van der Waals surface area contributed by atoms with Crippen molar-refractivity contribution in [2.45, 2.75) is 45.7 Å². The van der Waals surface area contributed by atoms with E-state index >= 15 is 0 Å². The minimum atomic E-state index is -0.427. The fourth-order valence-electron chi connectivity index (χ4n) is 1.90. The fourth-order valence-corrected chi connectivity index (χ4v) is 2.60. The Labute approximate surface area is 112 Å². The van der Waals surface area contributed by atoms with Crippen LogP contribution in [-0.4, -0.2) is 6.04 Å². The summed E-state index contributed by atoms with van der Waals surface area (Å²) in [6, 6.07) is 3.16. The summed E-state index contributed by atoms with van der Waals surface area (Å²) in [6.07, 6.45) is 2.04. The van der Waals surface area contributed by atoms with Crippen molar-refractivity contribution in [3.63, 3.8) is 0 Å². The maximum absolute atomic E-state index is 13.4. The van der Waals surface area contributed by atoms with Gasteiger partial charge in [0.25, 0.3) is 0 Å². The molecule has 1 aromatic rings. The normalized spacial score (nSPS) is 13.1. The predicted octanol–water partition coefficient (Wildman–Crippen LogP) is 4.97. The molecule has 17 heavy (non-hydrogen) atoms. The van der Waals surface area contributed by atoms with Crippen LogP contribution in [0.1, 0.15) is 45.2 Å². The van der Waals surface area contributed by atoms with Gasteiger partial charge in [0.15, 0.2) is 0 Å². The van der Waals surface area contributed by atoms with Crippen LogP contribution in [0.15, 0.2) is 12.1 Å². The lowest BCUT2D eigenvalue weighted by molar-refractivity contribution is 0.431. The molecule has 0 aliphatic heterocycles. The highest BCUT2D eigenvalue weighted by Gasteiger charge is 2.18. The van der Waals surface area contributed by atoms with Crippen LogP contribution in [0, 0.1) is 5.82 Å². The molecule has 1 aromatic carbocycles. The molecular formula is C13H18Cl2FN. The van der Waals surface area contributed by atoms with Crippen molar-refractivity contribution in [2.75, 3.05) is 0 Å². The molecule has 0 aromatic heterocycles. The average Bonchev–Trinajstić information content (AvgIpc) is 2.31. The Morgan fingerprint density at radius 3 is 2.35 bits per heavy atom. The maximum Gasteiger partial charge on any atom is 0.142 e. The first kappa shape index (κ1) is 14.7. The topological polar surface area (TPSA) is 12.0 Å². The standard InChI is InChI=1S/C13H18Cl2FN/c1-4-9(5-2)17-8(3)12-10(14)6-7-11(16)13(12)15/h6-9,17H,4-5H2,1-3H3. The molecule has 0 spiro atoms. The van der Waals surface area contributed by atoms with Gasteiger partial charge >= 0.3 is 0 Å². The Bertz CT molecular complexity index is 378. The van der Waals surface area contributed by atoms with E-state index in [0.29, 0.717) is 16.6 Å². The number of hydrogen-bond donors (Lipinski definition) is 1. The zero-order chi connectivity index (χ0) is 13.0. The fraction of sp³-hybridized carbons (Fsp3) is 0.538. The lowest BCUT2D eigenvalue weighted by atomic mass is 10.1. The first-order chi connectivity index (χ1) is 8.01. The van der Waals surface area contributed by atoms with Gasteiger partial charge in [0.1, 0.15) is 5.82 Å². The molecule has 0 aliphatic rings. The van der Waals surface area contributed by atoms with Gasteiger partial charge in [-0.1, -0.05) is 37.0 Å². The molecule has 4 heteroatoms. The molecule has 1 nitrogen and oxygen atoms in total. The summed E-state index contributed by atoms with van der Waals surface area (Å²) in [5, 5.41) is 4.02.